The molecule has 7 heteroatoms. The molecule has 3 heterocycles. The molecule has 0 fully saturated rings. The first-order valence-electron chi connectivity index (χ1n) is 8.89. The number of benzene rings is 1. The average molecular weight is 409 g/mol. The van der Waals surface area contributed by atoms with Crippen molar-refractivity contribution in [3.05, 3.63) is 71.6 Å². The van der Waals surface area contributed by atoms with Gasteiger partial charge in [0.25, 0.3) is 0 Å². The predicted molar refractivity (Wildman–Crippen MR) is 115 cm³/mol. The summed E-state index contributed by atoms with van der Waals surface area (Å²) >= 11 is 3.31. The van der Waals surface area contributed by atoms with Crippen LogP contribution in [0.3, 0.4) is 0 Å². The molecule has 28 heavy (non-hydrogen) atoms. The average Bonchev–Trinajstić information content (AvgIpc) is 3.41. The Labute approximate surface area is 172 Å². The molecule has 0 unspecified atom stereocenters. The van der Waals surface area contributed by atoms with Crippen molar-refractivity contribution in [1.82, 2.24) is 19.7 Å². The third-order valence-electron chi connectivity index (χ3n) is 4.40. The van der Waals surface area contributed by atoms with Crippen molar-refractivity contribution < 1.29 is 4.42 Å². The Balaban J connectivity index is 1.54. The lowest BCUT2D eigenvalue weighted by atomic mass is 10.1. The fraction of sp³-hybridized carbons (Fsp3) is 0.190. The van der Waals surface area contributed by atoms with E-state index in [9.17, 15) is 0 Å². The summed E-state index contributed by atoms with van der Waals surface area (Å²) in [4.78, 5) is 4.81. The van der Waals surface area contributed by atoms with Crippen LogP contribution in [0.15, 0.2) is 64.2 Å². The number of hydrogen-bond acceptors (Lipinski definition) is 6. The molecule has 3 aromatic heterocycles. The van der Waals surface area contributed by atoms with Crippen molar-refractivity contribution in [2.24, 2.45) is 0 Å². The first-order chi connectivity index (χ1) is 13.7. The van der Waals surface area contributed by atoms with Gasteiger partial charge in [-0.15, -0.1) is 28.1 Å². The molecular weight excluding hydrogens is 388 g/mol. The van der Waals surface area contributed by atoms with Crippen molar-refractivity contribution in [1.29, 1.82) is 0 Å². The summed E-state index contributed by atoms with van der Waals surface area (Å²) in [5, 5.41) is 12.8. The van der Waals surface area contributed by atoms with E-state index in [2.05, 4.69) is 57.9 Å². The molecule has 4 aromatic rings. The summed E-state index contributed by atoms with van der Waals surface area (Å²) in [5.41, 5.74) is 4.43. The van der Waals surface area contributed by atoms with E-state index in [0.29, 0.717) is 6.54 Å². The van der Waals surface area contributed by atoms with Crippen LogP contribution in [0.1, 0.15) is 17.0 Å². The van der Waals surface area contributed by atoms with Crippen LogP contribution in [0.5, 0.6) is 0 Å². The third-order valence-corrected chi connectivity index (χ3v) is 6.33. The van der Waals surface area contributed by atoms with E-state index in [4.69, 9.17) is 9.40 Å². The van der Waals surface area contributed by atoms with Crippen LogP contribution in [-0.4, -0.2) is 19.7 Å². The van der Waals surface area contributed by atoms with E-state index in [1.54, 1.807) is 29.4 Å². The number of furan rings is 1. The summed E-state index contributed by atoms with van der Waals surface area (Å²) in [6.45, 7) is 8.55. The lowest BCUT2D eigenvalue weighted by Crippen LogP contribution is -2.00. The van der Waals surface area contributed by atoms with Crippen LogP contribution in [0.4, 0.5) is 0 Å². The zero-order chi connectivity index (χ0) is 19.5. The van der Waals surface area contributed by atoms with Crippen LogP contribution in [0.25, 0.3) is 22.0 Å². The minimum atomic E-state index is 0.640. The second-order valence-corrected chi connectivity index (χ2v) is 8.14. The number of thioether (sulfide) groups is 1. The molecule has 5 nitrogen and oxygen atoms in total. The quantitative estimate of drug-likeness (QED) is 0.287. The van der Waals surface area contributed by atoms with Gasteiger partial charge in [0.2, 0.25) is 0 Å². The third kappa shape index (κ3) is 3.68. The van der Waals surface area contributed by atoms with E-state index < -0.39 is 0 Å². The van der Waals surface area contributed by atoms with E-state index >= 15 is 0 Å². The highest BCUT2D eigenvalue weighted by molar-refractivity contribution is 7.98. The molecule has 0 amide bonds. The Kier molecular flexibility index (Phi) is 5.45. The number of thiazole rings is 1. The summed E-state index contributed by atoms with van der Waals surface area (Å²) in [6, 6.07) is 10.3. The zero-order valence-electron chi connectivity index (χ0n) is 15.8. The Morgan fingerprint density at radius 1 is 1.18 bits per heavy atom. The Bertz CT molecular complexity index is 1110. The molecule has 0 aliphatic carbocycles. The van der Waals surface area contributed by atoms with Crippen molar-refractivity contribution in [3.63, 3.8) is 0 Å². The van der Waals surface area contributed by atoms with Gasteiger partial charge in [-0.05, 0) is 25.5 Å². The van der Waals surface area contributed by atoms with Crippen molar-refractivity contribution in [3.8, 4) is 22.0 Å². The highest BCUT2D eigenvalue weighted by atomic mass is 32.2. The van der Waals surface area contributed by atoms with E-state index in [0.717, 1.165) is 38.8 Å². The van der Waals surface area contributed by atoms with Gasteiger partial charge in [0.1, 0.15) is 10.8 Å². The smallest absolute Gasteiger partial charge is 0.192 e. The second-order valence-electron chi connectivity index (χ2n) is 6.34. The normalized spacial score (nSPS) is 11.1. The molecule has 4 rings (SSSR count). The highest BCUT2D eigenvalue weighted by Crippen LogP contribution is 2.31. The van der Waals surface area contributed by atoms with Crippen LogP contribution in [-0.2, 0) is 12.3 Å². The molecule has 142 valence electrons. The van der Waals surface area contributed by atoms with Crippen molar-refractivity contribution in [2.45, 2.75) is 31.3 Å². The Morgan fingerprint density at radius 3 is 2.79 bits per heavy atom. The standard InChI is InChI=1S/C21H20N4OS2/c1-4-10-25-19(18-9-11-26-15(18)3)23-24-21(25)28-13-16-12-27-20(22-16)17-8-6-5-7-14(17)2/h4-9,11-12H,1,10,13H2,2-3H3. The number of allylic oxidation sites excluding steroid dienone is 1. The number of aryl methyl sites for hydroxylation is 2. The molecule has 1 aromatic carbocycles. The van der Waals surface area contributed by atoms with Crippen molar-refractivity contribution in [2.75, 3.05) is 0 Å². The number of aromatic nitrogens is 4. The minimum absolute atomic E-state index is 0.640. The first-order valence-corrected chi connectivity index (χ1v) is 10.8. The summed E-state index contributed by atoms with van der Waals surface area (Å²) in [5.74, 6) is 2.37. The molecule has 0 atom stereocenters. The second kappa shape index (κ2) is 8.16. The topological polar surface area (TPSA) is 56.7 Å². The van der Waals surface area contributed by atoms with Crippen molar-refractivity contribution >= 4 is 23.1 Å². The van der Waals surface area contributed by atoms with Gasteiger partial charge >= 0.3 is 0 Å². The van der Waals surface area contributed by atoms with Gasteiger partial charge in [0, 0.05) is 23.2 Å². The molecule has 0 N–H and O–H groups in total. The zero-order valence-corrected chi connectivity index (χ0v) is 17.4. The van der Waals surface area contributed by atoms with E-state index in [-0.39, 0.29) is 0 Å². The van der Waals surface area contributed by atoms with Crippen LogP contribution >= 0.6 is 23.1 Å². The van der Waals surface area contributed by atoms with Gasteiger partial charge in [-0.25, -0.2) is 4.98 Å². The van der Waals surface area contributed by atoms with E-state index in [1.807, 2.05) is 19.1 Å². The fourth-order valence-corrected chi connectivity index (χ4v) is 4.81. The summed E-state index contributed by atoms with van der Waals surface area (Å²) in [7, 11) is 0. The highest BCUT2D eigenvalue weighted by Gasteiger charge is 2.17. The van der Waals surface area contributed by atoms with Crippen LogP contribution in [0.2, 0.25) is 0 Å². The van der Waals surface area contributed by atoms with Crippen LogP contribution < -0.4 is 0 Å². The number of rotatable bonds is 7. The largest absolute Gasteiger partial charge is 0.469 e. The van der Waals surface area contributed by atoms with Crippen LogP contribution in [0, 0.1) is 13.8 Å². The molecule has 0 radical (unpaired) electrons. The monoisotopic (exact) mass is 408 g/mol. The lowest BCUT2D eigenvalue weighted by molar-refractivity contribution is 0.534. The lowest BCUT2D eigenvalue weighted by Gasteiger charge is -2.06. The predicted octanol–water partition coefficient (Wildman–Crippen LogP) is 5.76. The Morgan fingerprint density at radius 2 is 2.04 bits per heavy atom. The van der Waals surface area contributed by atoms with Gasteiger partial charge in [0.15, 0.2) is 11.0 Å². The summed E-state index contributed by atoms with van der Waals surface area (Å²) in [6.07, 6.45) is 3.53. The maximum atomic E-state index is 5.42. The number of nitrogens with zero attached hydrogens (tertiary/aromatic N) is 4. The van der Waals surface area contributed by atoms with Gasteiger partial charge in [-0.3, -0.25) is 4.57 Å². The van der Waals surface area contributed by atoms with Gasteiger partial charge in [-0.2, -0.15) is 0 Å². The Hall–Kier alpha value is -2.64. The molecule has 0 saturated heterocycles. The molecule has 0 aliphatic heterocycles. The maximum Gasteiger partial charge on any atom is 0.192 e. The number of hydrogen-bond donors (Lipinski definition) is 0. The molecule has 0 bridgehead atoms. The van der Waals surface area contributed by atoms with E-state index in [1.165, 1.54) is 11.1 Å². The summed E-state index contributed by atoms with van der Waals surface area (Å²) < 4.78 is 7.48. The molecular formula is C21H20N4OS2. The fourth-order valence-electron chi connectivity index (χ4n) is 2.95. The molecule has 0 saturated carbocycles. The van der Waals surface area contributed by atoms with Gasteiger partial charge < -0.3 is 4.42 Å². The first kappa shape index (κ1) is 18.7. The molecule has 0 aliphatic rings. The maximum absolute atomic E-state index is 5.42. The van der Waals surface area contributed by atoms with Gasteiger partial charge in [-0.1, -0.05) is 42.1 Å². The minimum Gasteiger partial charge on any atom is -0.469 e. The SMILES string of the molecule is C=CCn1c(SCc2csc(-c3ccccc3C)n2)nnc1-c1ccoc1C. The van der Waals surface area contributed by atoms with Gasteiger partial charge in [0.05, 0.1) is 17.5 Å². The molecule has 0 spiro atoms.